The SMILES string of the molecule is CCCNCC1CCCOC1c1ccccc1C1CC1. The second-order valence-corrected chi connectivity index (χ2v) is 6.30. The van der Waals surface area contributed by atoms with Crippen molar-refractivity contribution >= 4 is 0 Å². The summed E-state index contributed by atoms with van der Waals surface area (Å²) in [5, 5.41) is 3.59. The number of hydrogen-bond acceptors (Lipinski definition) is 2. The first-order chi connectivity index (χ1) is 9.90. The highest BCUT2D eigenvalue weighted by Gasteiger charge is 2.33. The summed E-state index contributed by atoms with van der Waals surface area (Å²) in [6.07, 6.45) is 6.74. The minimum atomic E-state index is 0.310. The van der Waals surface area contributed by atoms with E-state index in [-0.39, 0.29) is 0 Å². The van der Waals surface area contributed by atoms with Gasteiger partial charge in [0.25, 0.3) is 0 Å². The van der Waals surface area contributed by atoms with Gasteiger partial charge in [0.1, 0.15) is 0 Å². The van der Waals surface area contributed by atoms with Crippen LogP contribution in [0.15, 0.2) is 24.3 Å². The minimum Gasteiger partial charge on any atom is -0.373 e. The molecule has 2 fully saturated rings. The molecule has 0 spiro atoms. The normalized spacial score (nSPS) is 26.6. The molecule has 110 valence electrons. The van der Waals surface area contributed by atoms with Gasteiger partial charge in [-0.3, -0.25) is 0 Å². The molecule has 0 amide bonds. The third-order valence-electron chi connectivity index (χ3n) is 4.60. The lowest BCUT2D eigenvalue weighted by Gasteiger charge is -2.33. The van der Waals surface area contributed by atoms with Crippen LogP contribution in [-0.4, -0.2) is 19.7 Å². The molecule has 0 radical (unpaired) electrons. The Morgan fingerprint density at radius 1 is 1.15 bits per heavy atom. The first kappa shape index (κ1) is 14.1. The second-order valence-electron chi connectivity index (χ2n) is 6.30. The van der Waals surface area contributed by atoms with E-state index in [2.05, 4.69) is 36.5 Å². The fourth-order valence-corrected chi connectivity index (χ4v) is 3.40. The highest BCUT2D eigenvalue weighted by atomic mass is 16.5. The number of rotatable bonds is 6. The molecule has 0 aromatic heterocycles. The van der Waals surface area contributed by atoms with E-state index in [4.69, 9.17) is 4.74 Å². The summed E-state index contributed by atoms with van der Waals surface area (Å²) in [4.78, 5) is 0. The fraction of sp³-hybridized carbons (Fsp3) is 0.667. The average Bonchev–Trinajstić information content (AvgIpc) is 3.33. The van der Waals surface area contributed by atoms with Crippen LogP contribution in [-0.2, 0) is 4.74 Å². The zero-order chi connectivity index (χ0) is 13.8. The monoisotopic (exact) mass is 273 g/mol. The van der Waals surface area contributed by atoms with Crippen LogP contribution in [0.4, 0.5) is 0 Å². The molecular weight excluding hydrogens is 246 g/mol. The molecule has 0 bridgehead atoms. The van der Waals surface area contributed by atoms with Crippen molar-refractivity contribution in [3.8, 4) is 0 Å². The maximum atomic E-state index is 6.19. The summed E-state index contributed by atoms with van der Waals surface area (Å²) in [6.45, 7) is 5.36. The molecule has 1 aliphatic carbocycles. The van der Waals surface area contributed by atoms with E-state index in [9.17, 15) is 0 Å². The van der Waals surface area contributed by atoms with Gasteiger partial charge in [0.2, 0.25) is 0 Å². The molecule has 1 N–H and O–H groups in total. The molecule has 1 aromatic rings. The van der Waals surface area contributed by atoms with Gasteiger partial charge in [0, 0.05) is 19.1 Å². The summed E-state index contributed by atoms with van der Waals surface area (Å²) in [5.74, 6) is 1.44. The molecule has 1 aromatic carbocycles. The van der Waals surface area contributed by atoms with Crippen LogP contribution in [0.1, 0.15) is 62.2 Å². The summed E-state index contributed by atoms with van der Waals surface area (Å²) >= 11 is 0. The van der Waals surface area contributed by atoms with Crippen LogP contribution >= 0.6 is 0 Å². The summed E-state index contributed by atoms with van der Waals surface area (Å²) in [7, 11) is 0. The van der Waals surface area contributed by atoms with Gasteiger partial charge >= 0.3 is 0 Å². The quantitative estimate of drug-likeness (QED) is 0.790. The van der Waals surface area contributed by atoms with Crippen LogP contribution in [0, 0.1) is 5.92 Å². The van der Waals surface area contributed by atoms with Crippen molar-refractivity contribution in [1.29, 1.82) is 0 Å². The smallest absolute Gasteiger partial charge is 0.0867 e. The van der Waals surface area contributed by atoms with Crippen molar-refractivity contribution in [2.45, 2.75) is 51.0 Å². The lowest BCUT2D eigenvalue weighted by Crippen LogP contribution is -2.32. The van der Waals surface area contributed by atoms with E-state index < -0.39 is 0 Å². The Balaban J connectivity index is 1.75. The van der Waals surface area contributed by atoms with Gasteiger partial charge in [-0.15, -0.1) is 0 Å². The second kappa shape index (κ2) is 6.73. The van der Waals surface area contributed by atoms with E-state index in [1.165, 1.54) is 37.7 Å². The van der Waals surface area contributed by atoms with Gasteiger partial charge in [-0.05, 0) is 55.7 Å². The molecule has 2 nitrogen and oxygen atoms in total. The molecule has 1 aliphatic heterocycles. The fourth-order valence-electron chi connectivity index (χ4n) is 3.40. The molecule has 1 heterocycles. The molecular formula is C18H27NO. The highest BCUT2D eigenvalue weighted by Crippen LogP contribution is 2.45. The number of benzene rings is 1. The lowest BCUT2D eigenvalue weighted by molar-refractivity contribution is -0.0281. The van der Waals surface area contributed by atoms with Crippen LogP contribution in [0.3, 0.4) is 0 Å². The largest absolute Gasteiger partial charge is 0.373 e. The van der Waals surface area contributed by atoms with Gasteiger partial charge in [0.15, 0.2) is 0 Å². The third kappa shape index (κ3) is 3.24. The number of hydrogen-bond donors (Lipinski definition) is 1. The van der Waals surface area contributed by atoms with E-state index in [0.717, 1.165) is 25.6 Å². The maximum absolute atomic E-state index is 6.19. The molecule has 2 unspecified atom stereocenters. The summed E-state index contributed by atoms with van der Waals surface area (Å²) in [5.41, 5.74) is 3.03. The Morgan fingerprint density at radius 2 is 1.95 bits per heavy atom. The minimum absolute atomic E-state index is 0.310. The van der Waals surface area contributed by atoms with E-state index in [0.29, 0.717) is 12.0 Å². The van der Waals surface area contributed by atoms with Crippen molar-refractivity contribution in [2.24, 2.45) is 5.92 Å². The van der Waals surface area contributed by atoms with E-state index >= 15 is 0 Å². The Labute approximate surface area is 122 Å². The maximum Gasteiger partial charge on any atom is 0.0867 e. The zero-order valence-corrected chi connectivity index (χ0v) is 12.6. The van der Waals surface area contributed by atoms with Gasteiger partial charge in [-0.1, -0.05) is 31.2 Å². The molecule has 1 saturated carbocycles. The van der Waals surface area contributed by atoms with Crippen molar-refractivity contribution < 1.29 is 4.74 Å². The highest BCUT2D eigenvalue weighted by molar-refractivity contribution is 5.35. The van der Waals surface area contributed by atoms with Crippen LogP contribution in [0.5, 0.6) is 0 Å². The first-order valence-electron chi connectivity index (χ1n) is 8.31. The van der Waals surface area contributed by atoms with Gasteiger partial charge in [-0.25, -0.2) is 0 Å². The van der Waals surface area contributed by atoms with E-state index in [1.807, 2.05) is 0 Å². The van der Waals surface area contributed by atoms with Crippen molar-refractivity contribution in [1.82, 2.24) is 5.32 Å². The first-order valence-corrected chi connectivity index (χ1v) is 8.31. The molecule has 2 heteroatoms. The van der Waals surface area contributed by atoms with Gasteiger partial charge in [-0.2, -0.15) is 0 Å². The molecule has 1 saturated heterocycles. The lowest BCUT2D eigenvalue weighted by atomic mass is 9.86. The standard InChI is InChI=1S/C18H27NO/c1-2-11-19-13-15-6-5-12-20-18(15)17-8-4-3-7-16(17)14-9-10-14/h3-4,7-8,14-15,18-19H,2,5-6,9-13H2,1H3. The van der Waals surface area contributed by atoms with Crippen molar-refractivity contribution in [3.63, 3.8) is 0 Å². The topological polar surface area (TPSA) is 21.3 Å². The average molecular weight is 273 g/mol. The Hall–Kier alpha value is -0.860. The van der Waals surface area contributed by atoms with Crippen LogP contribution in [0.25, 0.3) is 0 Å². The molecule has 20 heavy (non-hydrogen) atoms. The van der Waals surface area contributed by atoms with Gasteiger partial charge < -0.3 is 10.1 Å². The summed E-state index contributed by atoms with van der Waals surface area (Å²) in [6, 6.07) is 8.98. The van der Waals surface area contributed by atoms with Crippen molar-refractivity contribution in [3.05, 3.63) is 35.4 Å². The third-order valence-corrected chi connectivity index (χ3v) is 4.60. The Kier molecular flexibility index (Phi) is 4.74. The number of nitrogens with one attached hydrogen (secondary N) is 1. The van der Waals surface area contributed by atoms with Crippen LogP contribution < -0.4 is 5.32 Å². The summed E-state index contributed by atoms with van der Waals surface area (Å²) < 4.78 is 6.19. The molecule has 3 rings (SSSR count). The van der Waals surface area contributed by atoms with Crippen LogP contribution in [0.2, 0.25) is 0 Å². The van der Waals surface area contributed by atoms with Crippen molar-refractivity contribution in [2.75, 3.05) is 19.7 Å². The zero-order valence-electron chi connectivity index (χ0n) is 12.6. The molecule has 2 aliphatic rings. The molecule has 2 atom stereocenters. The Morgan fingerprint density at radius 3 is 2.70 bits per heavy atom. The predicted octanol–water partition coefficient (Wildman–Crippen LogP) is 4.03. The predicted molar refractivity (Wildman–Crippen MR) is 83.0 cm³/mol. The Bertz CT molecular complexity index is 427. The number of ether oxygens (including phenoxy) is 1. The van der Waals surface area contributed by atoms with Gasteiger partial charge in [0.05, 0.1) is 6.10 Å². The van der Waals surface area contributed by atoms with E-state index in [1.54, 1.807) is 5.56 Å².